The van der Waals surface area contributed by atoms with E-state index in [9.17, 15) is 4.79 Å². The van der Waals surface area contributed by atoms with Gasteiger partial charge in [-0.3, -0.25) is 9.69 Å². The van der Waals surface area contributed by atoms with Crippen LogP contribution in [0.1, 0.15) is 29.4 Å². The van der Waals surface area contributed by atoms with Gasteiger partial charge >= 0.3 is 0 Å². The number of piperazine rings is 1. The van der Waals surface area contributed by atoms with Gasteiger partial charge in [0, 0.05) is 39.3 Å². The number of rotatable bonds is 7. The van der Waals surface area contributed by atoms with Gasteiger partial charge in [0.1, 0.15) is 11.5 Å². The molecule has 2 aromatic rings. The maximum Gasteiger partial charge on any atom is 0.271 e. The number of benzene rings is 1. The summed E-state index contributed by atoms with van der Waals surface area (Å²) >= 11 is 0. The van der Waals surface area contributed by atoms with Crippen LogP contribution in [-0.4, -0.2) is 60.0 Å². The normalized spacial score (nSPS) is 15.2. The Kier molecular flexibility index (Phi) is 6.93. The molecular formula is C21H27N5O. The zero-order chi connectivity index (χ0) is 18.9. The number of carbonyl (C=O) groups excluding carboxylic acids is 1. The van der Waals surface area contributed by atoms with E-state index in [-0.39, 0.29) is 5.91 Å². The quantitative estimate of drug-likeness (QED) is 0.817. The zero-order valence-electron chi connectivity index (χ0n) is 15.8. The molecule has 6 heteroatoms. The van der Waals surface area contributed by atoms with Crippen molar-refractivity contribution in [3.63, 3.8) is 0 Å². The first kappa shape index (κ1) is 19.0. The smallest absolute Gasteiger partial charge is 0.271 e. The molecule has 0 radical (unpaired) electrons. The number of hydrogen-bond donors (Lipinski definition) is 1. The highest BCUT2D eigenvalue weighted by atomic mass is 16.1. The summed E-state index contributed by atoms with van der Waals surface area (Å²) in [6.45, 7) is 7.42. The summed E-state index contributed by atoms with van der Waals surface area (Å²) in [5.74, 6) is 0.674. The summed E-state index contributed by atoms with van der Waals surface area (Å²) < 4.78 is 0. The minimum absolute atomic E-state index is 0.161. The molecule has 1 N–H and O–H groups in total. The van der Waals surface area contributed by atoms with Crippen molar-refractivity contribution < 1.29 is 4.79 Å². The molecule has 0 bridgehead atoms. The first-order valence-corrected chi connectivity index (χ1v) is 9.55. The van der Waals surface area contributed by atoms with Crippen LogP contribution in [0, 0.1) is 0 Å². The van der Waals surface area contributed by atoms with Gasteiger partial charge in [-0.2, -0.15) is 0 Å². The van der Waals surface area contributed by atoms with Gasteiger partial charge in [-0.1, -0.05) is 49.4 Å². The van der Waals surface area contributed by atoms with Crippen LogP contribution in [-0.2, 0) is 0 Å². The SMILES string of the molecule is CCCNC(=O)c1cnc(N2CCN(C/C=C/c3ccccc3)CC2)cn1. The first-order chi connectivity index (χ1) is 13.3. The Morgan fingerprint density at radius 1 is 1.11 bits per heavy atom. The second kappa shape index (κ2) is 9.83. The Hall–Kier alpha value is -2.73. The summed E-state index contributed by atoms with van der Waals surface area (Å²) in [5.41, 5.74) is 1.60. The molecule has 0 aliphatic carbocycles. The van der Waals surface area contributed by atoms with Crippen LogP contribution in [0.2, 0.25) is 0 Å². The predicted molar refractivity (Wildman–Crippen MR) is 109 cm³/mol. The average molecular weight is 365 g/mol. The maximum absolute atomic E-state index is 11.9. The number of aromatic nitrogens is 2. The third kappa shape index (κ3) is 5.62. The largest absolute Gasteiger partial charge is 0.353 e. The van der Waals surface area contributed by atoms with Gasteiger partial charge in [0.05, 0.1) is 12.4 Å². The summed E-state index contributed by atoms with van der Waals surface area (Å²) in [5, 5.41) is 2.82. The fourth-order valence-electron chi connectivity index (χ4n) is 2.99. The van der Waals surface area contributed by atoms with Crippen LogP contribution in [0.5, 0.6) is 0 Å². The Morgan fingerprint density at radius 3 is 2.56 bits per heavy atom. The van der Waals surface area contributed by atoms with E-state index in [1.165, 1.54) is 5.56 Å². The van der Waals surface area contributed by atoms with Crippen LogP contribution in [0.15, 0.2) is 48.8 Å². The molecule has 1 aromatic carbocycles. The van der Waals surface area contributed by atoms with Crippen molar-refractivity contribution in [1.82, 2.24) is 20.2 Å². The molecule has 0 spiro atoms. The van der Waals surface area contributed by atoms with Gasteiger partial charge < -0.3 is 10.2 Å². The molecule has 0 atom stereocenters. The van der Waals surface area contributed by atoms with Crippen LogP contribution in [0.3, 0.4) is 0 Å². The standard InChI is InChI=1S/C21H27N5O/c1-2-10-22-21(27)19-16-24-20(17-23-19)26-14-12-25(13-15-26)11-6-9-18-7-4-3-5-8-18/h3-9,16-17H,2,10-15H2,1H3,(H,22,27)/b9-6+. The van der Waals surface area contributed by atoms with Crippen molar-refractivity contribution in [2.75, 3.05) is 44.2 Å². The van der Waals surface area contributed by atoms with Gasteiger partial charge in [-0.15, -0.1) is 0 Å². The van der Waals surface area contributed by atoms with Crippen LogP contribution >= 0.6 is 0 Å². The van der Waals surface area contributed by atoms with Gasteiger partial charge in [0.15, 0.2) is 0 Å². The second-order valence-electron chi connectivity index (χ2n) is 6.62. The number of carbonyl (C=O) groups is 1. The molecule has 1 saturated heterocycles. The van der Waals surface area contributed by atoms with Gasteiger partial charge in [0.25, 0.3) is 5.91 Å². The van der Waals surface area contributed by atoms with Crippen molar-refractivity contribution in [1.29, 1.82) is 0 Å². The lowest BCUT2D eigenvalue weighted by molar-refractivity contribution is 0.0948. The summed E-state index contributed by atoms with van der Waals surface area (Å²) in [6, 6.07) is 10.4. The number of amides is 1. The highest BCUT2D eigenvalue weighted by molar-refractivity contribution is 5.91. The molecule has 3 rings (SSSR count). The van der Waals surface area contributed by atoms with Crippen molar-refractivity contribution in [3.8, 4) is 0 Å². The Labute approximate surface area is 160 Å². The van der Waals surface area contributed by atoms with Gasteiger partial charge in [0.2, 0.25) is 0 Å². The predicted octanol–water partition coefficient (Wildman–Crippen LogP) is 2.45. The summed E-state index contributed by atoms with van der Waals surface area (Å²) in [6.07, 6.45) is 8.55. The molecule has 2 heterocycles. The van der Waals surface area contributed by atoms with E-state index in [4.69, 9.17) is 0 Å². The number of hydrogen-bond acceptors (Lipinski definition) is 5. The molecule has 1 fully saturated rings. The summed E-state index contributed by atoms with van der Waals surface area (Å²) in [7, 11) is 0. The third-order valence-electron chi connectivity index (χ3n) is 4.58. The van der Waals surface area contributed by atoms with E-state index in [1.807, 2.05) is 13.0 Å². The lowest BCUT2D eigenvalue weighted by atomic mass is 10.2. The minimum atomic E-state index is -0.161. The monoisotopic (exact) mass is 365 g/mol. The topological polar surface area (TPSA) is 61.4 Å². The van der Waals surface area contributed by atoms with E-state index >= 15 is 0 Å². The molecule has 27 heavy (non-hydrogen) atoms. The van der Waals surface area contributed by atoms with Gasteiger partial charge in [-0.05, 0) is 12.0 Å². The van der Waals surface area contributed by atoms with E-state index in [1.54, 1.807) is 12.4 Å². The van der Waals surface area contributed by atoms with Crippen molar-refractivity contribution in [3.05, 3.63) is 60.1 Å². The van der Waals surface area contributed by atoms with Crippen LogP contribution in [0.4, 0.5) is 5.82 Å². The molecule has 6 nitrogen and oxygen atoms in total. The van der Waals surface area contributed by atoms with E-state index in [0.29, 0.717) is 12.2 Å². The third-order valence-corrected chi connectivity index (χ3v) is 4.58. The zero-order valence-corrected chi connectivity index (χ0v) is 15.8. The molecular weight excluding hydrogens is 338 g/mol. The molecule has 1 aliphatic rings. The molecule has 1 aliphatic heterocycles. The minimum Gasteiger partial charge on any atom is -0.353 e. The highest BCUT2D eigenvalue weighted by Gasteiger charge is 2.18. The van der Waals surface area contributed by atoms with Crippen LogP contribution in [0.25, 0.3) is 6.08 Å². The molecule has 142 valence electrons. The molecule has 0 unspecified atom stereocenters. The molecule has 1 amide bonds. The fraction of sp³-hybridized carbons (Fsp3) is 0.381. The highest BCUT2D eigenvalue weighted by Crippen LogP contribution is 2.12. The van der Waals surface area contributed by atoms with E-state index in [0.717, 1.165) is 45.0 Å². The summed E-state index contributed by atoms with van der Waals surface area (Å²) in [4.78, 5) is 25.2. The van der Waals surface area contributed by atoms with Crippen molar-refractivity contribution >= 4 is 17.8 Å². The lowest BCUT2D eigenvalue weighted by Gasteiger charge is -2.34. The van der Waals surface area contributed by atoms with E-state index in [2.05, 4.69) is 61.5 Å². The molecule has 1 aromatic heterocycles. The van der Waals surface area contributed by atoms with Crippen molar-refractivity contribution in [2.24, 2.45) is 0 Å². The lowest BCUT2D eigenvalue weighted by Crippen LogP contribution is -2.46. The number of nitrogens with one attached hydrogen (secondary N) is 1. The Bertz CT molecular complexity index is 737. The number of anilines is 1. The fourth-order valence-corrected chi connectivity index (χ4v) is 2.99. The van der Waals surface area contributed by atoms with Crippen LogP contribution < -0.4 is 10.2 Å². The van der Waals surface area contributed by atoms with Crippen molar-refractivity contribution in [2.45, 2.75) is 13.3 Å². The van der Waals surface area contributed by atoms with E-state index < -0.39 is 0 Å². The Balaban J connectivity index is 1.46. The second-order valence-corrected chi connectivity index (χ2v) is 6.62. The first-order valence-electron chi connectivity index (χ1n) is 9.55. The number of nitrogens with zero attached hydrogens (tertiary/aromatic N) is 4. The average Bonchev–Trinajstić information content (AvgIpc) is 2.73. The Morgan fingerprint density at radius 2 is 1.89 bits per heavy atom. The maximum atomic E-state index is 11.9. The van der Waals surface area contributed by atoms with Gasteiger partial charge in [-0.25, -0.2) is 9.97 Å². The molecule has 0 saturated carbocycles.